The first-order valence-electron chi connectivity index (χ1n) is 5.46. The summed E-state index contributed by atoms with van der Waals surface area (Å²) in [6.45, 7) is 0.359. The number of rotatable bonds is 6. The molecule has 1 rings (SSSR count). The molecule has 0 fully saturated rings. The molecule has 0 radical (unpaired) electrons. The Kier molecular flexibility index (Phi) is 5.31. The first-order valence-corrected chi connectivity index (χ1v) is 7.11. The van der Waals surface area contributed by atoms with Gasteiger partial charge in [-0.1, -0.05) is 0 Å². The van der Waals surface area contributed by atoms with Crippen molar-refractivity contribution in [1.82, 2.24) is 0 Å². The Bertz CT molecular complexity index is 627. The number of ether oxygens (including phenoxy) is 1. The summed E-state index contributed by atoms with van der Waals surface area (Å²) in [5.41, 5.74) is 0.623. The lowest BCUT2D eigenvalue weighted by atomic mass is 10.1. The summed E-state index contributed by atoms with van der Waals surface area (Å²) in [6.07, 6.45) is 0.382. The van der Waals surface area contributed by atoms with Crippen molar-refractivity contribution in [1.29, 1.82) is 10.5 Å². The average Bonchev–Trinajstić information content (AvgIpc) is 2.38. The zero-order valence-corrected chi connectivity index (χ0v) is 11.2. The first kappa shape index (κ1) is 15.0. The Morgan fingerprint density at radius 1 is 1.26 bits per heavy atom. The second kappa shape index (κ2) is 6.74. The summed E-state index contributed by atoms with van der Waals surface area (Å²) in [6, 6.07) is 7.91. The molecule has 1 aromatic carbocycles. The number of nitrogens with one attached hydrogen (secondary N) is 1. The zero-order valence-electron chi connectivity index (χ0n) is 10.4. The molecule has 100 valence electrons. The predicted octanol–water partition coefficient (Wildman–Crippen LogP) is 1.21. The van der Waals surface area contributed by atoms with E-state index in [4.69, 9.17) is 15.3 Å². The number of anilines is 1. The molecule has 0 unspecified atom stereocenters. The van der Waals surface area contributed by atoms with Gasteiger partial charge in [0.25, 0.3) is 0 Å². The molecule has 0 bridgehead atoms. The van der Waals surface area contributed by atoms with Crippen LogP contribution < -0.4 is 4.72 Å². The molecule has 0 saturated heterocycles. The molecule has 0 spiro atoms. The Morgan fingerprint density at radius 3 is 2.53 bits per heavy atom. The van der Waals surface area contributed by atoms with Gasteiger partial charge in [0.15, 0.2) is 0 Å². The number of sulfonamides is 1. The van der Waals surface area contributed by atoms with E-state index < -0.39 is 10.0 Å². The van der Waals surface area contributed by atoms with Gasteiger partial charge in [0.1, 0.15) is 12.1 Å². The van der Waals surface area contributed by atoms with Crippen molar-refractivity contribution in [2.45, 2.75) is 6.42 Å². The molecule has 19 heavy (non-hydrogen) atoms. The topological polar surface area (TPSA) is 103 Å². The van der Waals surface area contributed by atoms with Crippen LogP contribution in [0.15, 0.2) is 18.2 Å². The fraction of sp³-hybridized carbons (Fsp3) is 0.333. The summed E-state index contributed by atoms with van der Waals surface area (Å²) in [7, 11) is -1.97. The molecular weight excluding hydrogens is 266 g/mol. The average molecular weight is 279 g/mol. The van der Waals surface area contributed by atoms with Crippen molar-refractivity contribution in [2.24, 2.45) is 0 Å². The highest BCUT2D eigenvalue weighted by atomic mass is 32.2. The van der Waals surface area contributed by atoms with E-state index in [0.29, 0.717) is 13.0 Å². The standard InChI is InChI=1S/C12H13N3O3S/c1-18-5-2-6-19(16,17)15-12-4-3-10(8-13)11(7-12)9-14/h3-4,7,15H,2,5-6H2,1H3. The van der Waals surface area contributed by atoms with Crippen LogP contribution in [0.3, 0.4) is 0 Å². The van der Waals surface area contributed by atoms with Crippen molar-refractivity contribution in [3.05, 3.63) is 29.3 Å². The highest BCUT2D eigenvalue weighted by Crippen LogP contribution is 2.16. The molecular formula is C12H13N3O3S. The van der Waals surface area contributed by atoms with E-state index >= 15 is 0 Å². The number of hydrogen-bond donors (Lipinski definition) is 1. The lowest BCUT2D eigenvalue weighted by molar-refractivity contribution is 0.199. The van der Waals surface area contributed by atoms with Crippen molar-refractivity contribution >= 4 is 15.7 Å². The van der Waals surface area contributed by atoms with E-state index in [-0.39, 0.29) is 22.6 Å². The molecule has 7 heteroatoms. The van der Waals surface area contributed by atoms with Crippen LogP contribution in [0.1, 0.15) is 17.5 Å². The van der Waals surface area contributed by atoms with Gasteiger partial charge < -0.3 is 4.74 Å². The fourth-order valence-electron chi connectivity index (χ4n) is 1.42. The third-order valence-corrected chi connectivity index (χ3v) is 3.67. The monoisotopic (exact) mass is 279 g/mol. The molecule has 0 aliphatic rings. The van der Waals surface area contributed by atoms with Gasteiger partial charge in [0.05, 0.1) is 16.9 Å². The SMILES string of the molecule is COCCCS(=O)(=O)Nc1ccc(C#N)c(C#N)c1. The van der Waals surface area contributed by atoms with Crippen molar-refractivity contribution in [3.63, 3.8) is 0 Å². The normalized spacial score (nSPS) is 10.5. The number of hydrogen-bond acceptors (Lipinski definition) is 5. The maximum absolute atomic E-state index is 11.7. The summed E-state index contributed by atoms with van der Waals surface area (Å²) >= 11 is 0. The predicted molar refractivity (Wildman–Crippen MR) is 69.8 cm³/mol. The van der Waals surface area contributed by atoms with Crippen LogP contribution in [0, 0.1) is 22.7 Å². The Morgan fingerprint density at radius 2 is 1.95 bits per heavy atom. The summed E-state index contributed by atoms with van der Waals surface area (Å²) in [5, 5.41) is 17.6. The second-order valence-electron chi connectivity index (χ2n) is 3.75. The number of methoxy groups -OCH3 is 1. The fourth-order valence-corrected chi connectivity index (χ4v) is 2.51. The van der Waals surface area contributed by atoms with Crippen LogP contribution in [-0.4, -0.2) is 27.9 Å². The van der Waals surface area contributed by atoms with E-state index in [0.717, 1.165) is 0 Å². The van der Waals surface area contributed by atoms with Crippen molar-refractivity contribution in [2.75, 3.05) is 24.2 Å². The molecule has 0 atom stereocenters. The lowest BCUT2D eigenvalue weighted by Crippen LogP contribution is -2.17. The van der Waals surface area contributed by atoms with E-state index in [1.807, 2.05) is 12.1 Å². The molecule has 0 aliphatic heterocycles. The van der Waals surface area contributed by atoms with Gasteiger partial charge in [-0.2, -0.15) is 10.5 Å². The Balaban J connectivity index is 2.84. The minimum atomic E-state index is -3.47. The van der Waals surface area contributed by atoms with Crippen LogP contribution in [0.2, 0.25) is 0 Å². The van der Waals surface area contributed by atoms with E-state index in [9.17, 15) is 8.42 Å². The summed E-state index contributed by atoms with van der Waals surface area (Å²) in [5.74, 6) is -0.0667. The van der Waals surface area contributed by atoms with Crippen molar-refractivity contribution < 1.29 is 13.2 Å². The smallest absolute Gasteiger partial charge is 0.232 e. The number of nitriles is 2. The second-order valence-corrected chi connectivity index (χ2v) is 5.59. The third kappa shape index (κ3) is 4.59. The Labute approximate surface area is 112 Å². The van der Waals surface area contributed by atoms with Gasteiger partial charge in [0.2, 0.25) is 10.0 Å². The number of nitrogens with zero attached hydrogens (tertiary/aromatic N) is 2. The minimum Gasteiger partial charge on any atom is -0.385 e. The maximum Gasteiger partial charge on any atom is 0.232 e. The third-order valence-electron chi connectivity index (χ3n) is 2.30. The number of benzene rings is 1. The van der Waals surface area contributed by atoms with Crippen LogP contribution in [0.25, 0.3) is 0 Å². The largest absolute Gasteiger partial charge is 0.385 e. The minimum absolute atomic E-state index is 0.0667. The van der Waals surface area contributed by atoms with Crippen LogP contribution in [0.5, 0.6) is 0 Å². The van der Waals surface area contributed by atoms with Gasteiger partial charge in [-0.05, 0) is 24.6 Å². The van der Waals surface area contributed by atoms with Gasteiger partial charge in [-0.3, -0.25) is 4.72 Å². The quantitative estimate of drug-likeness (QED) is 0.788. The van der Waals surface area contributed by atoms with E-state index in [1.165, 1.54) is 25.3 Å². The van der Waals surface area contributed by atoms with Crippen LogP contribution >= 0.6 is 0 Å². The molecule has 0 saturated carbocycles. The molecule has 0 amide bonds. The van der Waals surface area contributed by atoms with Gasteiger partial charge >= 0.3 is 0 Å². The lowest BCUT2D eigenvalue weighted by Gasteiger charge is -2.08. The highest BCUT2D eigenvalue weighted by molar-refractivity contribution is 7.92. The molecule has 0 aromatic heterocycles. The molecule has 0 heterocycles. The van der Waals surface area contributed by atoms with E-state index in [2.05, 4.69) is 4.72 Å². The molecule has 0 aliphatic carbocycles. The molecule has 1 aromatic rings. The van der Waals surface area contributed by atoms with Gasteiger partial charge in [-0.25, -0.2) is 8.42 Å². The van der Waals surface area contributed by atoms with E-state index in [1.54, 1.807) is 0 Å². The van der Waals surface area contributed by atoms with Crippen LogP contribution in [-0.2, 0) is 14.8 Å². The summed E-state index contributed by atoms with van der Waals surface area (Å²) in [4.78, 5) is 0. The van der Waals surface area contributed by atoms with Gasteiger partial charge in [0, 0.05) is 19.4 Å². The molecule has 6 nitrogen and oxygen atoms in total. The maximum atomic E-state index is 11.7. The zero-order chi connectivity index (χ0) is 14.3. The van der Waals surface area contributed by atoms with Crippen LogP contribution in [0.4, 0.5) is 5.69 Å². The Hall–Kier alpha value is -2.09. The van der Waals surface area contributed by atoms with Gasteiger partial charge in [-0.15, -0.1) is 0 Å². The first-order chi connectivity index (χ1) is 9.02. The summed E-state index contributed by atoms with van der Waals surface area (Å²) < 4.78 is 30.6. The highest BCUT2D eigenvalue weighted by Gasteiger charge is 2.11. The molecule has 1 N–H and O–H groups in total. The van der Waals surface area contributed by atoms with Crippen molar-refractivity contribution in [3.8, 4) is 12.1 Å².